The first-order chi connectivity index (χ1) is 8.81. The van der Waals surface area contributed by atoms with E-state index in [0.717, 1.165) is 18.8 Å². The van der Waals surface area contributed by atoms with Crippen LogP contribution in [0.3, 0.4) is 0 Å². The zero-order chi connectivity index (χ0) is 12.5. The lowest BCUT2D eigenvalue weighted by Crippen LogP contribution is -2.13. The van der Waals surface area contributed by atoms with Crippen molar-refractivity contribution in [3.05, 3.63) is 28.3 Å². The second kappa shape index (κ2) is 4.93. The second-order valence-electron chi connectivity index (χ2n) is 5.65. The van der Waals surface area contributed by atoms with Crippen LogP contribution < -0.4 is 10.1 Å². The van der Waals surface area contributed by atoms with E-state index in [9.17, 15) is 0 Å². The SMILES string of the molecule is COc1cc2c(c(C)c1C1CCNC1)CCCC2. The summed E-state index contributed by atoms with van der Waals surface area (Å²) in [7, 11) is 1.82. The van der Waals surface area contributed by atoms with Crippen LogP contribution in [-0.2, 0) is 12.8 Å². The molecule has 3 rings (SSSR count). The molecule has 98 valence electrons. The number of aryl methyl sites for hydroxylation is 1. The fourth-order valence-corrected chi connectivity index (χ4v) is 3.68. The average Bonchev–Trinajstić information content (AvgIpc) is 2.92. The first-order valence-electron chi connectivity index (χ1n) is 7.21. The van der Waals surface area contributed by atoms with Gasteiger partial charge in [-0.2, -0.15) is 0 Å². The van der Waals surface area contributed by atoms with Crippen LogP contribution in [0, 0.1) is 6.92 Å². The van der Waals surface area contributed by atoms with Gasteiger partial charge in [0.05, 0.1) is 7.11 Å². The Morgan fingerprint density at radius 3 is 2.83 bits per heavy atom. The summed E-state index contributed by atoms with van der Waals surface area (Å²) < 4.78 is 5.68. The number of methoxy groups -OCH3 is 1. The van der Waals surface area contributed by atoms with Gasteiger partial charge in [-0.3, -0.25) is 0 Å². The molecule has 1 aromatic rings. The van der Waals surface area contributed by atoms with E-state index in [2.05, 4.69) is 18.3 Å². The Morgan fingerprint density at radius 1 is 1.28 bits per heavy atom. The van der Waals surface area contributed by atoms with Gasteiger partial charge in [0.25, 0.3) is 0 Å². The van der Waals surface area contributed by atoms with Crippen molar-refractivity contribution >= 4 is 0 Å². The lowest BCUT2D eigenvalue weighted by molar-refractivity contribution is 0.404. The van der Waals surface area contributed by atoms with Crippen molar-refractivity contribution in [1.82, 2.24) is 5.32 Å². The predicted molar refractivity (Wildman–Crippen MR) is 74.6 cm³/mol. The third kappa shape index (κ3) is 1.93. The Kier molecular flexibility index (Phi) is 3.29. The predicted octanol–water partition coefficient (Wildman–Crippen LogP) is 2.96. The lowest BCUT2D eigenvalue weighted by Gasteiger charge is -2.25. The molecule has 18 heavy (non-hydrogen) atoms. The number of benzene rings is 1. The molecular formula is C16H23NO. The van der Waals surface area contributed by atoms with Gasteiger partial charge in [-0.25, -0.2) is 0 Å². The van der Waals surface area contributed by atoms with Gasteiger partial charge in [0.1, 0.15) is 5.75 Å². The topological polar surface area (TPSA) is 21.3 Å². The molecule has 1 unspecified atom stereocenters. The molecule has 0 saturated carbocycles. The summed E-state index contributed by atoms with van der Waals surface area (Å²) in [5.41, 5.74) is 6.13. The molecule has 1 fully saturated rings. The minimum Gasteiger partial charge on any atom is -0.496 e. The van der Waals surface area contributed by atoms with Crippen LogP contribution in [0.5, 0.6) is 5.75 Å². The van der Waals surface area contributed by atoms with Gasteiger partial charge in [-0.15, -0.1) is 0 Å². The normalized spacial score (nSPS) is 22.9. The number of rotatable bonds is 2. The number of fused-ring (bicyclic) bond motifs is 1. The van der Waals surface area contributed by atoms with Gasteiger partial charge in [-0.1, -0.05) is 0 Å². The zero-order valence-corrected chi connectivity index (χ0v) is 11.5. The fraction of sp³-hybridized carbons (Fsp3) is 0.625. The molecule has 1 N–H and O–H groups in total. The highest BCUT2D eigenvalue weighted by Gasteiger charge is 2.25. The van der Waals surface area contributed by atoms with E-state index < -0.39 is 0 Å². The lowest BCUT2D eigenvalue weighted by atomic mass is 9.82. The van der Waals surface area contributed by atoms with Crippen LogP contribution in [0.1, 0.15) is 47.4 Å². The fourth-order valence-electron chi connectivity index (χ4n) is 3.68. The van der Waals surface area contributed by atoms with Crippen molar-refractivity contribution in [3.8, 4) is 5.75 Å². The van der Waals surface area contributed by atoms with Crippen molar-refractivity contribution in [1.29, 1.82) is 0 Å². The molecule has 2 aliphatic rings. The van der Waals surface area contributed by atoms with Crippen molar-refractivity contribution in [2.45, 2.75) is 44.9 Å². The molecule has 1 aliphatic heterocycles. The van der Waals surface area contributed by atoms with Crippen molar-refractivity contribution < 1.29 is 4.74 Å². The summed E-state index contributed by atoms with van der Waals surface area (Å²) in [4.78, 5) is 0. The summed E-state index contributed by atoms with van der Waals surface area (Å²) in [6, 6.07) is 2.31. The maximum absolute atomic E-state index is 5.68. The zero-order valence-electron chi connectivity index (χ0n) is 11.5. The Morgan fingerprint density at radius 2 is 2.11 bits per heavy atom. The maximum Gasteiger partial charge on any atom is 0.122 e. The second-order valence-corrected chi connectivity index (χ2v) is 5.65. The van der Waals surface area contributed by atoms with Gasteiger partial charge in [0.2, 0.25) is 0 Å². The quantitative estimate of drug-likeness (QED) is 0.865. The molecular weight excluding hydrogens is 222 g/mol. The molecule has 1 atom stereocenters. The summed E-state index contributed by atoms with van der Waals surface area (Å²) in [5.74, 6) is 1.77. The molecule has 2 nitrogen and oxygen atoms in total. The number of ether oxygens (including phenoxy) is 1. The van der Waals surface area contributed by atoms with Crippen LogP contribution >= 0.6 is 0 Å². The van der Waals surface area contributed by atoms with E-state index >= 15 is 0 Å². The van der Waals surface area contributed by atoms with Crippen LogP contribution in [0.15, 0.2) is 6.07 Å². The molecule has 1 aliphatic carbocycles. The van der Waals surface area contributed by atoms with Crippen LogP contribution in [0.4, 0.5) is 0 Å². The smallest absolute Gasteiger partial charge is 0.122 e. The third-order valence-corrected chi connectivity index (χ3v) is 4.63. The van der Waals surface area contributed by atoms with Gasteiger partial charge < -0.3 is 10.1 Å². The Hall–Kier alpha value is -1.02. The summed E-state index contributed by atoms with van der Waals surface area (Å²) in [5, 5.41) is 3.47. The summed E-state index contributed by atoms with van der Waals surface area (Å²) in [6.07, 6.45) is 6.42. The molecule has 0 aromatic heterocycles. The van der Waals surface area contributed by atoms with Crippen molar-refractivity contribution in [2.24, 2.45) is 0 Å². The van der Waals surface area contributed by atoms with Crippen LogP contribution in [-0.4, -0.2) is 20.2 Å². The Labute approximate surface area is 110 Å². The number of hydrogen-bond donors (Lipinski definition) is 1. The van der Waals surface area contributed by atoms with E-state index in [0.29, 0.717) is 5.92 Å². The Bertz CT molecular complexity index is 447. The summed E-state index contributed by atoms with van der Waals surface area (Å²) >= 11 is 0. The highest BCUT2D eigenvalue weighted by atomic mass is 16.5. The largest absolute Gasteiger partial charge is 0.496 e. The summed E-state index contributed by atoms with van der Waals surface area (Å²) in [6.45, 7) is 4.56. The van der Waals surface area contributed by atoms with E-state index in [1.807, 2.05) is 7.11 Å². The van der Waals surface area contributed by atoms with Crippen molar-refractivity contribution in [2.75, 3.05) is 20.2 Å². The van der Waals surface area contributed by atoms with Gasteiger partial charge in [-0.05, 0) is 68.3 Å². The molecule has 0 bridgehead atoms. The van der Waals surface area contributed by atoms with E-state index in [4.69, 9.17) is 4.74 Å². The molecule has 1 aromatic carbocycles. The van der Waals surface area contributed by atoms with E-state index in [-0.39, 0.29) is 0 Å². The highest BCUT2D eigenvalue weighted by molar-refractivity contribution is 5.52. The Balaban J connectivity index is 2.10. The monoisotopic (exact) mass is 245 g/mol. The first kappa shape index (κ1) is 12.0. The molecule has 0 amide bonds. The van der Waals surface area contributed by atoms with E-state index in [1.165, 1.54) is 48.8 Å². The molecule has 2 heteroatoms. The third-order valence-electron chi connectivity index (χ3n) is 4.63. The van der Waals surface area contributed by atoms with Gasteiger partial charge in [0, 0.05) is 18.0 Å². The highest BCUT2D eigenvalue weighted by Crippen LogP contribution is 2.39. The van der Waals surface area contributed by atoms with Crippen molar-refractivity contribution in [3.63, 3.8) is 0 Å². The minimum absolute atomic E-state index is 0.646. The van der Waals surface area contributed by atoms with Crippen LogP contribution in [0.25, 0.3) is 0 Å². The van der Waals surface area contributed by atoms with Gasteiger partial charge in [0.15, 0.2) is 0 Å². The molecule has 1 saturated heterocycles. The van der Waals surface area contributed by atoms with Crippen LogP contribution in [0.2, 0.25) is 0 Å². The van der Waals surface area contributed by atoms with E-state index in [1.54, 1.807) is 5.56 Å². The number of hydrogen-bond acceptors (Lipinski definition) is 2. The molecule has 0 radical (unpaired) electrons. The molecule has 1 heterocycles. The number of nitrogens with one attached hydrogen (secondary N) is 1. The standard InChI is InChI=1S/C16H23NO/c1-11-14-6-4-3-5-12(14)9-15(18-2)16(11)13-7-8-17-10-13/h9,13,17H,3-8,10H2,1-2H3. The maximum atomic E-state index is 5.68. The first-order valence-corrected chi connectivity index (χ1v) is 7.21. The minimum atomic E-state index is 0.646. The molecule has 0 spiro atoms. The van der Waals surface area contributed by atoms with Gasteiger partial charge >= 0.3 is 0 Å². The average molecular weight is 245 g/mol.